The van der Waals surface area contributed by atoms with Crippen molar-refractivity contribution in [1.29, 1.82) is 0 Å². The second kappa shape index (κ2) is 11.7. The maximum Gasteiger partial charge on any atom is 0.305 e. The van der Waals surface area contributed by atoms with Crippen LogP contribution in [0.3, 0.4) is 0 Å². The van der Waals surface area contributed by atoms with Gasteiger partial charge < -0.3 is 10.0 Å². The Hall–Kier alpha value is -3.48. The molecule has 2 unspecified atom stereocenters. The summed E-state index contributed by atoms with van der Waals surface area (Å²) >= 11 is -2.28. The van der Waals surface area contributed by atoms with Gasteiger partial charge in [-0.15, -0.1) is 4.41 Å². The summed E-state index contributed by atoms with van der Waals surface area (Å²) in [5.74, 6) is 5.52. The van der Waals surface area contributed by atoms with E-state index in [1.54, 1.807) is 11.9 Å². The molecule has 4 rings (SSSR count). The summed E-state index contributed by atoms with van der Waals surface area (Å²) in [5, 5.41) is 13.1. The monoisotopic (exact) mass is 517 g/mol. The van der Waals surface area contributed by atoms with Gasteiger partial charge >= 0.3 is 5.97 Å². The molecule has 3 aromatic carbocycles. The van der Waals surface area contributed by atoms with Crippen molar-refractivity contribution in [3.05, 3.63) is 83.9 Å². The minimum atomic E-state index is -2.28. The van der Waals surface area contributed by atoms with Gasteiger partial charge in [0.15, 0.2) is 0 Å². The smallest absolute Gasteiger partial charge is 0.305 e. The zero-order valence-electron chi connectivity index (χ0n) is 21.1. The molecule has 1 saturated heterocycles. The van der Waals surface area contributed by atoms with Gasteiger partial charge in [-0.05, 0) is 66.6 Å². The molecule has 192 valence electrons. The van der Waals surface area contributed by atoms with Gasteiger partial charge in [-0.1, -0.05) is 48.3 Å². The highest BCUT2D eigenvalue weighted by molar-refractivity contribution is 7.76. The molecule has 0 radical (unpaired) electrons. The lowest BCUT2D eigenvalue weighted by atomic mass is 9.98. The third-order valence-electron chi connectivity index (χ3n) is 6.47. The number of carboxylic acids is 1. The van der Waals surface area contributed by atoms with Crippen molar-refractivity contribution in [1.82, 2.24) is 9.42 Å². The maximum absolute atomic E-state index is 11.9. The fourth-order valence-electron chi connectivity index (χ4n) is 4.64. The van der Waals surface area contributed by atoms with Crippen LogP contribution >= 0.6 is 0 Å². The van der Waals surface area contributed by atoms with E-state index in [2.05, 4.69) is 47.6 Å². The molecule has 2 atom stereocenters. The molecule has 8 heteroatoms. The van der Waals surface area contributed by atoms with E-state index in [0.29, 0.717) is 26.2 Å². The average Bonchev–Trinajstić information content (AvgIpc) is 2.87. The van der Waals surface area contributed by atoms with Crippen LogP contribution < -0.4 is 4.90 Å². The number of carboxylic acid groups (broad SMARTS) is 1. The van der Waals surface area contributed by atoms with Crippen molar-refractivity contribution in [2.45, 2.75) is 26.3 Å². The molecule has 0 bridgehead atoms. The van der Waals surface area contributed by atoms with Gasteiger partial charge in [-0.3, -0.25) is 9.35 Å². The number of fused-ring (bicyclic) bond motifs is 1. The van der Waals surface area contributed by atoms with Gasteiger partial charge in [-0.25, -0.2) is 9.22 Å². The number of hydrogen-bond acceptors (Lipinski definition) is 4. The molecule has 0 saturated carbocycles. The molecule has 0 amide bonds. The van der Waals surface area contributed by atoms with Gasteiger partial charge in [-0.2, -0.15) is 0 Å². The molecular weight excluding hydrogens is 486 g/mol. The minimum Gasteiger partial charge on any atom is -0.481 e. The van der Waals surface area contributed by atoms with Crippen LogP contribution in [0.2, 0.25) is 0 Å². The number of nitrogens with zero attached hydrogens (tertiary/aromatic N) is 3. The average molecular weight is 518 g/mol. The number of carbonyl (C=O) groups is 1. The molecule has 7 nitrogen and oxygen atoms in total. The summed E-state index contributed by atoms with van der Waals surface area (Å²) in [7, 11) is 0. The zero-order chi connectivity index (χ0) is 26.5. The lowest BCUT2D eigenvalue weighted by molar-refractivity contribution is -0.139. The lowest BCUT2D eigenvalue weighted by Crippen LogP contribution is -2.57. The Bertz CT molecular complexity index is 1390. The van der Waals surface area contributed by atoms with Crippen molar-refractivity contribution in [3.8, 4) is 11.8 Å². The van der Waals surface area contributed by atoms with E-state index in [9.17, 15) is 13.6 Å². The minimum absolute atomic E-state index is 0.205. The molecule has 1 heterocycles. The van der Waals surface area contributed by atoms with E-state index in [1.807, 2.05) is 43.3 Å². The first kappa shape index (κ1) is 26.6. The topological polar surface area (TPSA) is 84.3 Å². The number of hydrogen-bond donors (Lipinski definition) is 2. The molecule has 0 spiro atoms. The Morgan fingerprint density at radius 1 is 1.05 bits per heavy atom. The number of rotatable bonds is 7. The summed E-state index contributed by atoms with van der Waals surface area (Å²) in [6.07, 6.45) is -0.205. The molecule has 3 aromatic rings. The number of benzene rings is 3. The molecule has 0 aromatic heterocycles. The summed E-state index contributed by atoms with van der Waals surface area (Å²) < 4.78 is 22.8. The number of allylic oxidation sites excluding steroid dienone is 1. The molecule has 37 heavy (non-hydrogen) atoms. The Labute approximate surface area is 220 Å². The molecule has 1 aliphatic rings. The SMILES string of the molecule is C=C(C)c1cccc2ccc(C#Cc3ccc(N4CCN(N(C(C)CC(=O)O)S(=O)O)CC4)cc3)cc12. The van der Waals surface area contributed by atoms with Crippen molar-refractivity contribution in [3.63, 3.8) is 0 Å². The Kier molecular flexibility index (Phi) is 8.41. The maximum atomic E-state index is 11.9. The van der Waals surface area contributed by atoms with E-state index >= 15 is 0 Å². The molecule has 1 fully saturated rings. The fourth-order valence-corrected chi connectivity index (χ4v) is 5.38. The molecule has 2 N–H and O–H groups in total. The third-order valence-corrected chi connectivity index (χ3v) is 7.38. The van der Waals surface area contributed by atoms with Crippen LogP contribution in [0.1, 0.15) is 37.0 Å². The standard InChI is InChI=1S/C29H31N3O4S/c1-21(2)27-6-4-5-25-12-9-24(20-28(25)27)8-7-23-10-13-26(14-11-23)30-15-17-31(18-16-30)32(37(35)36)22(3)19-29(33)34/h4-6,9-14,20,22H,1,15-19H2,2-3H3,(H,33,34)(H,35,36). The zero-order valence-corrected chi connectivity index (χ0v) is 21.9. The van der Waals surface area contributed by atoms with Crippen LogP contribution in [0.4, 0.5) is 5.69 Å². The predicted molar refractivity (Wildman–Crippen MR) is 149 cm³/mol. The number of aliphatic carboxylic acids is 1. The van der Waals surface area contributed by atoms with Crippen molar-refractivity contribution in [2.24, 2.45) is 0 Å². The Morgan fingerprint density at radius 2 is 1.70 bits per heavy atom. The second-order valence-corrected chi connectivity index (χ2v) is 10.1. The van der Waals surface area contributed by atoms with E-state index in [-0.39, 0.29) is 6.42 Å². The quantitative estimate of drug-likeness (QED) is 0.352. The predicted octanol–water partition coefficient (Wildman–Crippen LogP) is 4.61. The summed E-state index contributed by atoms with van der Waals surface area (Å²) in [4.78, 5) is 13.3. The highest BCUT2D eigenvalue weighted by atomic mass is 32.2. The first-order valence-electron chi connectivity index (χ1n) is 12.2. The van der Waals surface area contributed by atoms with Gasteiger partial charge in [0.25, 0.3) is 0 Å². The second-order valence-electron chi connectivity index (χ2n) is 9.24. The highest BCUT2D eigenvalue weighted by Gasteiger charge is 2.30. The fraction of sp³-hybridized carbons (Fsp3) is 0.276. The Balaban J connectivity index is 1.42. The van der Waals surface area contributed by atoms with Crippen LogP contribution in [0.15, 0.2) is 67.2 Å². The number of hydrazine groups is 1. The van der Waals surface area contributed by atoms with Gasteiger partial charge in [0.2, 0.25) is 11.3 Å². The largest absolute Gasteiger partial charge is 0.481 e. The first-order chi connectivity index (χ1) is 17.7. The van der Waals surface area contributed by atoms with Crippen LogP contribution in [0.25, 0.3) is 16.3 Å². The summed E-state index contributed by atoms with van der Waals surface area (Å²) in [6, 6.07) is 19.9. The van der Waals surface area contributed by atoms with Crippen LogP contribution in [0, 0.1) is 11.8 Å². The Morgan fingerprint density at radius 3 is 2.32 bits per heavy atom. The van der Waals surface area contributed by atoms with Crippen LogP contribution in [-0.2, 0) is 16.1 Å². The first-order valence-corrected chi connectivity index (χ1v) is 13.2. The highest BCUT2D eigenvalue weighted by Crippen LogP contribution is 2.25. The van der Waals surface area contributed by atoms with Gasteiger partial charge in [0.1, 0.15) is 0 Å². The van der Waals surface area contributed by atoms with Crippen molar-refractivity contribution >= 4 is 39.3 Å². The number of anilines is 1. The van der Waals surface area contributed by atoms with E-state index in [4.69, 9.17) is 5.11 Å². The van der Waals surface area contributed by atoms with E-state index in [0.717, 1.165) is 33.3 Å². The van der Waals surface area contributed by atoms with Crippen molar-refractivity contribution in [2.75, 3.05) is 31.1 Å². The van der Waals surface area contributed by atoms with Crippen LogP contribution in [0.5, 0.6) is 0 Å². The van der Waals surface area contributed by atoms with Crippen molar-refractivity contribution < 1.29 is 18.7 Å². The third kappa shape index (κ3) is 6.45. The molecular formula is C29H31N3O4S. The summed E-state index contributed by atoms with van der Waals surface area (Å²) in [6.45, 7) is 10.1. The number of piperazine rings is 1. The normalized spacial score (nSPS) is 15.7. The van der Waals surface area contributed by atoms with Gasteiger partial charge in [0.05, 0.1) is 6.42 Å². The summed E-state index contributed by atoms with van der Waals surface area (Å²) in [5.41, 5.74) is 5.08. The van der Waals surface area contributed by atoms with Gasteiger partial charge in [0, 0.05) is 49.0 Å². The van der Waals surface area contributed by atoms with E-state index in [1.165, 1.54) is 9.80 Å². The van der Waals surface area contributed by atoms with E-state index < -0.39 is 23.3 Å². The molecule has 0 aliphatic carbocycles. The lowest BCUT2D eigenvalue weighted by Gasteiger charge is -2.41. The molecule has 1 aliphatic heterocycles. The van der Waals surface area contributed by atoms with Crippen LogP contribution in [-0.4, -0.2) is 61.5 Å².